The lowest BCUT2D eigenvalue weighted by atomic mass is 9.78. The molecule has 0 aliphatic carbocycles. The van der Waals surface area contributed by atoms with Crippen LogP contribution in [0.1, 0.15) is 25.0 Å². The molecule has 208 valence electrons. The molecule has 0 radical (unpaired) electrons. The van der Waals surface area contributed by atoms with Gasteiger partial charge in [-0.05, 0) is 65.2 Å². The highest BCUT2D eigenvalue weighted by Gasteiger charge is 2.26. The van der Waals surface area contributed by atoms with Crippen LogP contribution in [0.15, 0.2) is 146 Å². The first-order chi connectivity index (χ1) is 21.0. The number of phenols is 1. The van der Waals surface area contributed by atoms with Gasteiger partial charge in [0.15, 0.2) is 0 Å². The van der Waals surface area contributed by atoms with Crippen molar-refractivity contribution in [2.75, 3.05) is 0 Å². The average molecular weight is 558 g/mol. The smallest absolute Gasteiger partial charge is 0.149 e. The van der Waals surface area contributed by atoms with Gasteiger partial charge in [-0.15, -0.1) is 0 Å². The molecule has 0 aliphatic heterocycles. The number of hydrogen-bond acceptors (Lipinski definition) is 3. The summed E-state index contributed by atoms with van der Waals surface area (Å²) in [5.41, 5.74) is 9.50. The Morgan fingerprint density at radius 2 is 1.33 bits per heavy atom. The van der Waals surface area contributed by atoms with Crippen molar-refractivity contribution in [3.63, 3.8) is 0 Å². The molecule has 0 amide bonds. The Morgan fingerprint density at radius 1 is 0.605 bits per heavy atom. The number of aromatic nitrogens is 3. The molecule has 7 rings (SSSR count). The Kier molecular flexibility index (Phi) is 6.59. The van der Waals surface area contributed by atoms with E-state index in [0.29, 0.717) is 11.4 Å². The van der Waals surface area contributed by atoms with Crippen LogP contribution in [0.2, 0.25) is 0 Å². The zero-order chi connectivity index (χ0) is 29.4. The van der Waals surface area contributed by atoms with E-state index in [-0.39, 0.29) is 11.2 Å². The second-order valence-electron chi connectivity index (χ2n) is 11.3. The van der Waals surface area contributed by atoms with Crippen molar-refractivity contribution in [3.05, 3.63) is 157 Å². The predicted octanol–water partition coefficient (Wildman–Crippen LogP) is 9.45. The summed E-state index contributed by atoms with van der Waals surface area (Å²) in [4.78, 5) is 9.79. The van der Waals surface area contributed by atoms with E-state index in [9.17, 15) is 5.11 Å². The van der Waals surface area contributed by atoms with Crippen LogP contribution in [0.3, 0.4) is 0 Å². The highest BCUT2D eigenvalue weighted by atomic mass is 16.3. The van der Waals surface area contributed by atoms with Gasteiger partial charge in [-0.2, -0.15) is 0 Å². The number of rotatable bonds is 6. The van der Waals surface area contributed by atoms with Gasteiger partial charge in [-0.1, -0.05) is 105 Å². The number of hydrogen-bond donors (Lipinski definition) is 1. The van der Waals surface area contributed by atoms with Crippen LogP contribution in [0.5, 0.6) is 5.75 Å². The summed E-state index contributed by atoms with van der Waals surface area (Å²) >= 11 is 0. The topological polar surface area (TPSA) is 50.9 Å². The summed E-state index contributed by atoms with van der Waals surface area (Å²) in [6, 6.07) is 47.2. The van der Waals surface area contributed by atoms with E-state index in [2.05, 4.69) is 108 Å². The second kappa shape index (κ2) is 10.7. The van der Waals surface area contributed by atoms with Gasteiger partial charge in [0.2, 0.25) is 0 Å². The van der Waals surface area contributed by atoms with E-state index in [4.69, 9.17) is 4.98 Å². The molecule has 0 bridgehead atoms. The summed E-state index contributed by atoms with van der Waals surface area (Å²) in [6.45, 7) is 4.36. The molecule has 4 heteroatoms. The van der Waals surface area contributed by atoms with Gasteiger partial charge in [0.25, 0.3) is 0 Å². The molecule has 0 spiro atoms. The molecule has 4 nitrogen and oxygen atoms in total. The lowest BCUT2D eigenvalue weighted by molar-refractivity contribution is 0.474. The third-order valence-corrected chi connectivity index (χ3v) is 8.29. The summed E-state index contributed by atoms with van der Waals surface area (Å²) in [7, 11) is 0. The minimum Gasteiger partial charge on any atom is -0.507 e. The maximum Gasteiger partial charge on any atom is 0.149 e. The SMILES string of the molecule is CC(C)(c1ccccc1)c1ccc(-c2nc3c(-c4cccc(-c5ccccn5)c4)cccc3n2-c2ccccc2)c(O)c1. The molecule has 1 N–H and O–H groups in total. The van der Waals surface area contributed by atoms with Crippen molar-refractivity contribution in [1.29, 1.82) is 0 Å². The molecule has 0 fully saturated rings. The Labute approximate surface area is 251 Å². The Bertz CT molecular complexity index is 2050. The maximum absolute atomic E-state index is 11.5. The van der Waals surface area contributed by atoms with Crippen LogP contribution in [0.4, 0.5) is 0 Å². The van der Waals surface area contributed by atoms with Gasteiger partial charge < -0.3 is 5.11 Å². The van der Waals surface area contributed by atoms with E-state index in [0.717, 1.165) is 44.7 Å². The number of imidazole rings is 1. The van der Waals surface area contributed by atoms with Crippen molar-refractivity contribution in [3.8, 4) is 45.2 Å². The molecular formula is C39H31N3O. The highest BCUT2D eigenvalue weighted by molar-refractivity contribution is 5.96. The fourth-order valence-corrected chi connectivity index (χ4v) is 5.86. The third kappa shape index (κ3) is 4.77. The first kappa shape index (κ1) is 26.4. The Balaban J connectivity index is 1.41. The number of para-hydroxylation sites is 2. The normalized spacial score (nSPS) is 11.6. The Hall–Kier alpha value is -5.48. The largest absolute Gasteiger partial charge is 0.507 e. The van der Waals surface area contributed by atoms with Crippen LogP contribution in [0, 0.1) is 0 Å². The van der Waals surface area contributed by atoms with Gasteiger partial charge in [-0.3, -0.25) is 9.55 Å². The zero-order valence-electron chi connectivity index (χ0n) is 24.1. The fourth-order valence-electron chi connectivity index (χ4n) is 5.86. The molecule has 7 aromatic rings. The van der Waals surface area contributed by atoms with Crippen LogP contribution < -0.4 is 0 Å². The minimum absolute atomic E-state index is 0.202. The molecule has 2 aromatic heterocycles. The minimum atomic E-state index is -0.275. The highest BCUT2D eigenvalue weighted by Crippen LogP contribution is 2.40. The molecule has 0 saturated heterocycles. The zero-order valence-corrected chi connectivity index (χ0v) is 24.1. The number of benzene rings is 5. The van der Waals surface area contributed by atoms with Crippen molar-refractivity contribution in [2.24, 2.45) is 0 Å². The van der Waals surface area contributed by atoms with Crippen molar-refractivity contribution in [2.45, 2.75) is 19.3 Å². The lowest BCUT2D eigenvalue weighted by Crippen LogP contribution is -2.18. The number of aromatic hydroxyl groups is 1. The first-order valence-electron chi connectivity index (χ1n) is 14.5. The molecule has 0 saturated carbocycles. The summed E-state index contributed by atoms with van der Waals surface area (Å²) in [5.74, 6) is 0.892. The monoisotopic (exact) mass is 557 g/mol. The van der Waals surface area contributed by atoms with Gasteiger partial charge >= 0.3 is 0 Å². The van der Waals surface area contributed by atoms with E-state index < -0.39 is 0 Å². The van der Waals surface area contributed by atoms with E-state index >= 15 is 0 Å². The predicted molar refractivity (Wildman–Crippen MR) is 175 cm³/mol. The molecule has 43 heavy (non-hydrogen) atoms. The van der Waals surface area contributed by atoms with Crippen LogP contribution in [-0.2, 0) is 5.41 Å². The van der Waals surface area contributed by atoms with E-state index in [1.807, 2.05) is 60.8 Å². The van der Waals surface area contributed by atoms with Crippen LogP contribution >= 0.6 is 0 Å². The molecule has 0 aliphatic rings. The average Bonchev–Trinajstić information content (AvgIpc) is 3.45. The van der Waals surface area contributed by atoms with Crippen LogP contribution in [-0.4, -0.2) is 19.6 Å². The molecule has 2 heterocycles. The van der Waals surface area contributed by atoms with Gasteiger partial charge in [0.05, 0.1) is 22.3 Å². The molecular weight excluding hydrogens is 526 g/mol. The van der Waals surface area contributed by atoms with E-state index in [1.54, 1.807) is 0 Å². The number of phenolic OH excluding ortho intramolecular Hbond substituents is 1. The summed E-state index contributed by atoms with van der Waals surface area (Å²) < 4.78 is 2.14. The van der Waals surface area contributed by atoms with Crippen molar-refractivity contribution >= 4 is 11.0 Å². The van der Waals surface area contributed by atoms with E-state index in [1.165, 1.54) is 5.56 Å². The Morgan fingerprint density at radius 3 is 2.07 bits per heavy atom. The van der Waals surface area contributed by atoms with Crippen molar-refractivity contribution in [1.82, 2.24) is 14.5 Å². The molecule has 0 unspecified atom stereocenters. The number of fused-ring (bicyclic) bond motifs is 1. The van der Waals surface area contributed by atoms with Crippen LogP contribution in [0.25, 0.3) is 50.5 Å². The summed E-state index contributed by atoms with van der Waals surface area (Å²) in [5, 5.41) is 11.5. The second-order valence-corrected chi connectivity index (χ2v) is 11.3. The fraction of sp³-hybridized carbons (Fsp3) is 0.0769. The molecule has 5 aromatic carbocycles. The van der Waals surface area contributed by atoms with Gasteiger partial charge in [0.1, 0.15) is 11.6 Å². The number of nitrogens with zero attached hydrogens (tertiary/aromatic N) is 3. The van der Waals surface area contributed by atoms with Gasteiger partial charge in [0, 0.05) is 28.4 Å². The maximum atomic E-state index is 11.5. The van der Waals surface area contributed by atoms with Gasteiger partial charge in [-0.25, -0.2) is 4.98 Å². The number of pyridine rings is 1. The quantitative estimate of drug-likeness (QED) is 0.222. The third-order valence-electron chi connectivity index (χ3n) is 8.29. The lowest BCUT2D eigenvalue weighted by Gasteiger charge is -2.26. The summed E-state index contributed by atoms with van der Waals surface area (Å²) in [6.07, 6.45) is 1.81. The van der Waals surface area contributed by atoms with Crippen molar-refractivity contribution < 1.29 is 5.11 Å². The molecule has 0 atom stereocenters. The first-order valence-corrected chi connectivity index (χ1v) is 14.5. The standard InChI is InChI=1S/C39H31N3O/c1-39(2,29-15-5-3-6-16-29)30-22-23-33(36(43)26-30)38-41-37-32(19-12-21-35(37)42(38)31-17-7-4-8-18-31)27-13-11-14-28(25-27)34-20-9-10-24-40-34/h3-26,43H,1-2H3.